The normalized spacial score (nSPS) is 13.4. The second-order valence-electron chi connectivity index (χ2n) is 5.32. The van der Waals surface area contributed by atoms with Crippen LogP contribution in [0.4, 0.5) is 8.78 Å². The van der Waals surface area contributed by atoms with Gasteiger partial charge in [-0.15, -0.1) is 0 Å². The SMILES string of the molecule is C[C@@H](NC(=O)Cc1cccc(O)c1)[C@@H](O)c1ccc(F)c(F)c1. The quantitative estimate of drug-likeness (QED) is 0.792. The molecule has 0 aliphatic carbocycles. The molecule has 0 aliphatic heterocycles. The third-order valence-electron chi connectivity index (χ3n) is 3.42. The van der Waals surface area contributed by atoms with E-state index in [1.54, 1.807) is 19.1 Å². The third-order valence-corrected chi connectivity index (χ3v) is 3.42. The van der Waals surface area contributed by atoms with Gasteiger partial charge in [-0.1, -0.05) is 18.2 Å². The number of phenolic OH excluding ortho intramolecular Hbond substituents is 1. The number of carbonyl (C=O) groups is 1. The molecule has 4 nitrogen and oxygen atoms in total. The minimum absolute atomic E-state index is 0.0310. The molecule has 0 spiro atoms. The van der Waals surface area contributed by atoms with Crippen LogP contribution in [-0.4, -0.2) is 22.2 Å². The van der Waals surface area contributed by atoms with Crippen molar-refractivity contribution in [1.29, 1.82) is 0 Å². The van der Waals surface area contributed by atoms with Crippen molar-refractivity contribution >= 4 is 5.91 Å². The van der Waals surface area contributed by atoms with Crippen LogP contribution in [0.2, 0.25) is 0 Å². The van der Waals surface area contributed by atoms with E-state index in [9.17, 15) is 23.8 Å². The molecule has 2 rings (SSSR count). The number of nitrogens with one attached hydrogen (secondary N) is 1. The number of phenols is 1. The number of aliphatic hydroxyl groups excluding tert-OH is 1. The molecule has 0 aliphatic rings. The highest BCUT2D eigenvalue weighted by molar-refractivity contribution is 5.79. The number of hydrogen-bond acceptors (Lipinski definition) is 3. The summed E-state index contributed by atoms with van der Waals surface area (Å²) in [4.78, 5) is 12.0. The molecule has 1 amide bonds. The summed E-state index contributed by atoms with van der Waals surface area (Å²) in [6.45, 7) is 1.56. The Hall–Kier alpha value is -2.47. The zero-order valence-electron chi connectivity index (χ0n) is 12.5. The van der Waals surface area contributed by atoms with E-state index in [0.717, 1.165) is 12.1 Å². The Morgan fingerprint density at radius 2 is 1.91 bits per heavy atom. The van der Waals surface area contributed by atoms with Crippen molar-refractivity contribution in [1.82, 2.24) is 5.32 Å². The van der Waals surface area contributed by atoms with E-state index in [1.807, 2.05) is 0 Å². The molecular weight excluding hydrogens is 304 g/mol. The van der Waals surface area contributed by atoms with E-state index in [0.29, 0.717) is 5.56 Å². The predicted octanol–water partition coefficient (Wildman–Crippen LogP) is 2.45. The molecule has 0 saturated carbocycles. The van der Waals surface area contributed by atoms with Crippen LogP contribution in [0.1, 0.15) is 24.2 Å². The standard InChI is InChI=1S/C17H17F2NO3/c1-10(17(23)12-5-6-14(18)15(19)9-12)20-16(22)8-11-3-2-4-13(21)7-11/h2-7,9-10,17,21,23H,8H2,1H3,(H,20,22)/t10-,17-/m1/s1. The van der Waals surface area contributed by atoms with Crippen molar-refractivity contribution in [2.75, 3.05) is 0 Å². The molecule has 0 fully saturated rings. The summed E-state index contributed by atoms with van der Waals surface area (Å²) < 4.78 is 26.1. The summed E-state index contributed by atoms with van der Waals surface area (Å²) in [5, 5.41) is 22.1. The van der Waals surface area contributed by atoms with Gasteiger partial charge in [0.2, 0.25) is 5.91 Å². The van der Waals surface area contributed by atoms with Gasteiger partial charge in [-0.2, -0.15) is 0 Å². The van der Waals surface area contributed by atoms with Gasteiger partial charge in [0.25, 0.3) is 0 Å². The summed E-state index contributed by atoms with van der Waals surface area (Å²) in [6, 6.07) is 8.68. The average Bonchev–Trinajstić information content (AvgIpc) is 2.49. The first-order valence-corrected chi connectivity index (χ1v) is 7.07. The maximum absolute atomic E-state index is 13.2. The van der Waals surface area contributed by atoms with Crippen LogP contribution in [0.15, 0.2) is 42.5 Å². The summed E-state index contributed by atoms with van der Waals surface area (Å²) in [6.07, 6.45) is -1.14. The molecule has 0 bridgehead atoms. The molecule has 6 heteroatoms. The van der Waals surface area contributed by atoms with E-state index < -0.39 is 23.8 Å². The second kappa shape index (κ2) is 7.19. The first kappa shape index (κ1) is 16.9. The largest absolute Gasteiger partial charge is 0.508 e. The topological polar surface area (TPSA) is 69.6 Å². The Kier molecular flexibility index (Phi) is 5.28. The number of rotatable bonds is 5. The molecule has 3 N–H and O–H groups in total. The lowest BCUT2D eigenvalue weighted by Crippen LogP contribution is -2.38. The first-order chi connectivity index (χ1) is 10.9. The fourth-order valence-electron chi connectivity index (χ4n) is 2.22. The van der Waals surface area contributed by atoms with Gasteiger partial charge < -0.3 is 15.5 Å². The first-order valence-electron chi connectivity index (χ1n) is 7.07. The summed E-state index contributed by atoms with van der Waals surface area (Å²) >= 11 is 0. The van der Waals surface area contributed by atoms with Gasteiger partial charge in [0.1, 0.15) is 5.75 Å². The van der Waals surface area contributed by atoms with Crippen molar-refractivity contribution in [3.8, 4) is 5.75 Å². The lowest BCUT2D eigenvalue weighted by atomic mass is 10.0. The van der Waals surface area contributed by atoms with Gasteiger partial charge in [-0.25, -0.2) is 8.78 Å². The molecule has 0 unspecified atom stereocenters. The molecule has 0 heterocycles. The van der Waals surface area contributed by atoms with Crippen LogP contribution in [0.25, 0.3) is 0 Å². The highest BCUT2D eigenvalue weighted by Gasteiger charge is 2.20. The molecule has 0 saturated heterocycles. The van der Waals surface area contributed by atoms with Gasteiger partial charge in [-0.05, 0) is 42.3 Å². The van der Waals surface area contributed by atoms with E-state index >= 15 is 0 Å². The number of aromatic hydroxyl groups is 1. The van der Waals surface area contributed by atoms with Gasteiger partial charge in [-0.3, -0.25) is 4.79 Å². The highest BCUT2D eigenvalue weighted by Crippen LogP contribution is 2.19. The lowest BCUT2D eigenvalue weighted by molar-refractivity contribution is -0.121. The van der Waals surface area contributed by atoms with Crippen LogP contribution in [-0.2, 0) is 11.2 Å². The van der Waals surface area contributed by atoms with Crippen LogP contribution >= 0.6 is 0 Å². The summed E-state index contributed by atoms with van der Waals surface area (Å²) in [5.74, 6) is -2.35. The maximum Gasteiger partial charge on any atom is 0.224 e. The van der Waals surface area contributed by atoms with Crippen LogP contribution in [0, 0.1) is 11.6 Å². The van der Waals surface area contributed by atoms with E-state index in [2.05, 4.69) is 5.32 Å². The number of hydrogen-bond donors (Lipinski definition) is 3. The zero-order valence-corrected chi connectivity index (χ0v) is 12.5. The van der Waals surface area contributed by atoms with E-state index in [-0.39, 0.29) is 23.6 Å². The van der Waals surface area contributed by atoms with Crippen LogP contribution in [0.5, 0.6) is 5.75 Å². The van der Waals surface area contributed by atoms with Gasteiger partial charge in [0.05, 0.1) is 18.6 Å². The Bertz CT molecular complexity index is 706. The minimum atomic E-state index is -1.17. The van der Waals surface area contributed by atoms with Crippen molar-refractivity contribution in [3.63, 3.8) is 0 Å². The van der Waals surface area contributed by atoms with Gasteiger partial charge >= 0.3 is 0 Å². The predicted molar refractivity (Wildman–Crippen MR) is 80.7 cm³/mol. The fourth-order valence-corrected chi connectivity index (χ4v) is 2.22. The van der Waals surface area contributed by atoms with Crippen LogP contribution in [0.3, 0.4) is 0 Å². The van der Waals surface area contributed by atoms with Crippen molar-refractivity contribution in [2.24, 2.45) is 0 Å². The Morgan fingerprint density at radius 1 is 1.17 bits per heavy atom. The van der Waals surface area contributed by atoms with Crippen molar-refractivity contribution in [3.05, 3.63) is 65.2 Å². The second-order valence-corrected chi connectivity index (χ2v) is 5.32. The molecule has 23 heavy (non-hydrogen) atoms. The molecule has 2 atom stereocenters. The van der Waals surface area contributed by atoms with E-state index in [4.69, 9.17) is 0 Å². The smallest absolute Gasteiger partial charge is 0.224 e. The molecule has 2 aromatic rings. The number of benzene rings is 2. The number of halogens is 2. The highest BCUT2D eigenvalue weighted by atomic mass is 19.2. The lowest BCUT2D eigenvalue weighted by Gasteiger charge is -2.21. The number of aliphatic hydroxyl groups is 1. The van der Waals surface area contributed by atoms with Crippen LogP contribution < -0.4 is 5.32 Å². The van der Waals surface area contributed by atoms with E-state index in [1.165, 1.54) is 18.2 Å². The average molecular weight is 321 g/mol. The fraction of sp³-hybridized carbons (Fsp3) is 0.235. The molecule has 0 aromatic heterocycles. The summed E-state index contributed by atoms with van der Waals surface area (Å²) in [7, 11) is 0. The molecular formula is C17H17F2NO3. The van der Waals surface area contributed by atoms with Gasteiger partial charge in [0.15, 0.2) is 11.6 Å². The molecule has 0 radical (unpaired) electrons. The monoisotopic (exact) mass is 321 g/mol. The molecule has 2 aromatic carbocycles. The van der Waals surface area contributed by atoms with Crippen molar-refractivity contribution < 1.29 is 23.8 Å². The molecule has 122 valence electrons. The third kappa shape index (κ3) is 4.50. The van der Waals surface area contributed by atoms with Gasteiger partial charge in [0, 0.05) is 0 Å². The number of amides is 1. The maximum atomic E-state index is 13.2. The Balaban J connectivity index is 1.98. The Morgan fingerprint density at radius 3 is 2.57 bits per heavy atom. The number of carbonyl (C=O) groups excluding carboxylic acids is 1. The van der Waals surface area contributed by atoms with Crippen molar-refractivity contribution in [2.45, 2.75) is 25.5 Å². The minimum Gasteiger partial charge on any atom is -0.508 e. The Labute approximate surface area is 132 Å². The zero-order chi connectivity index (χ0) is 17.0. The summed E-state index contributed by atoms with van der Waals surface area (Å²) in [5.41, 5.74) is 0.797.